The molecule has 2 atom stereocenters. The highest BCUT2D eigenvalue weighted by molar-refractivity contribution is 7.89. The van der Waals surface area contributed by atoms with E-state index in [0.717, 1.165) is 24.8 Å². The lowest BCUT2D eigenvalue weighted by molar-refractivity contribution is -0.137. The maximum Gasteiger partial charge on any atom is 0.304 e. The highest BCUT2D eigenvalue weighted by atomic mass is 32.2. The first-order chi connectivity index (χ1) is 21.5. The Morgan fingerprint density at radius 1 is 1.18 bits per heavy atom. The minimum atomic E-state index is -4.06. The number of anilines is 1. The first-order valence-electron chi connectivity index (χ1n) is 14.6. The van der Waals surface area contributed by atoms with Crippen LogP contribution in [0.25, 0.3) is 5.65 Å². The van der Waals surface area contributed by atoms with Crippen LogP contribution in [0.3, 0.4) is 0 Å². The summed E-state index contributed by atoms with van der Waals surface area (Å²) in [6.07, 6.45) is 2.37. The number of aliphatic carboxylic acids is 1. The second-order valence-corrected chi connectivity index (χ2v) is 13.5. The fourth-order valence-corrected chi connectivity index (χ4v) is 8.12. The van der Waals surface area contributed by atoms with Crippen molar-refractivity contribution in [1.29, 1.82) is 5.26 Å². The average Bonchev–Trinajstić information content (AvgIpc) is 3.43. The van der Waals surface area contributed by atoms with Crippen molar-refractivity contribution in [3.8, 4) is 6.07 Å². The maximum atomic E-state index is 14.2. The summed E-state index contributed by atoms with van der Waals surface area (Å²) in [7, 11) is -4.06. The topological polar surface area (TPSA) is 145 Å². The monoisotopic (exact) mass is 635 g/mol. The summed E-state index contributed by atoms with van der Waals surface area (Å²) in [6.45, 7) is 4.49. The van der Waals surface area contributed by atoms with E-state index in [2.05, 4.69) is 15.2 Å². The maximum absolute atomic E-state index is 14.2. The van der Waals surface area contributed by atoms with Crippen LogP contribution in [0.2, 0.25) is 0 Å². The van der Waals surface area contributed by atoms with Gasteiger partial charge in [-0.3, -0.25) is 9.20 Å². The molecule has 0 radical (unpaired) electrons. The summed E-state index contributed by atoms with van der Waals surface area (Å²) in [5.41, 5.74) is 3.64. The van der Waals surface area contributed by atoms with E-state index in [9.17, 15) is 32.4 Å². The van der Waals surface area contributed by atoms with Gasteiger partial charge in [-0.15, -0.1) is 10.2 Å². The molecule has 0 saturated carbocycles. The van der Waals surface area contributed by atoms with Gasteiger partial charge in [0.15, 0.2) is 5.65 Å². The molecule has 2 unspecified atom stereocenters. The summed E-state index contributed by atoms with van der Waals surface area (Å²) in [4.78, 5) is 18.5. The Hall–Kier alpha value is -4.48. The molecule has 0 aliphatic carbocycles. The van der Waals surface area contributed by atoms with Gasteiger partial charge in [-0.05, 0) is 73.1 Å². The summed E-state index contributed by atoms with van der Waals surface area (Å²) < 4.78 is 57.9. The second-order valence-electron chi connectivity index (χ2n) is 11.6. The van der Waals surface area contributed by atoms with Gasteiger partial charge in [0.05, 0.1) is 12.0 Å². The molecule has 0 spiro atoms. The number of nitrogens with zero attached hydrogens (tertiary/aromatic N) is 7. The summed E-state index contributed by atoms with van der Waals surface area (Å²) >= 11 is 0. The second kappa shape index (κ2) is 11.8. The van der Waals surface area contributed by atoms with Crippen LogP contribution >= 0.6 is 0 Å². The third-order valence-electron chi connectivity index (χ3n) is 8.86. The molecule has 5 heterocycles. The van der Waals surface area contributed by atoms with E-state index in [-0.39, 0.29) is 41.7 Å². The molecule has 0 bridgehead atoms. The number of alkyl halides is 2. The number of hydrogen-bond acceptors (Lipinski definition) is 8. The molecule has 2 aliphatic heterocycles. The summed E-state index contributed by atoms with van der Waals surface area (Å²) in [6, 6.07) is 10.4. The number of rotatable bonds is 7. The van der Waals surface area contributed by atoms with Gasteiger partial charge < -0.3 is 10.0 Å². The quantitative estimate of drug-likeness (QED) is 0.305. The Morgan fingerprint density at radius 3 is 2.71 bits per heavy atom. The molecule has 1 fully saturated rings. The number of hydrogen-bond donors (Lipinski definition) is 1. The highest BCUT2D eigenvalue weighted by Gasteiger charge is 2.39. The molecule has 1 N–H and O–H groups in total. The summed E-state index contributed by atoms with van der Waals surface area (Å²) in [5.74, 6) is -1.86. The van der Waals surface area contributed by atoms with Gasteiger partial charge in [0.25, 0.3) is 6.43 Å². The standard InChI is InChI=1S/C31H31F2N7O4S/c1-18-6-7-21(25(13-27(41)42)24-8-10-40-29(19(24)2)36-37-31(40)28(32)33)12-22(18)16-38-17-23-5-3-4-9-39(23)30-26(45(38,43)44)11-20(14-34)15-35-30/h6-8,10-12,15,23,25,28H,3-5,9,13,16-17H2,1-2H3,(H,41,42). The van der Waals surface area contributed by atoms with Gasteiger partial charge in [0.1, 0.15) is 16.8 Å². The van der Waals surface area contributed by atoms with Crippen molar-refractivity contribution in [2.24, 2.45) is 0 Å². The van der Waals surface area contributed by atoms with E-state index in [1.807, 2.05) is 36.1 Å². The number of fused-ring (bicyclic) bond motifs is 4. The smallest absolute Gasteiger partial charge is 0.304 e. The zero-order chi connectivity index (χ0) is 32.0. The molecule has 234 valence electrons. The van der Waals surface area contributed by atoms with Crippen molar-refractivity contribution < 1.29 is 27.1 Å². The Kier molecular flexibility index (Phi) is 8.00. The number of carboxylic acids is 1. The van der Waals surface area contributed by atoms with Crippen molar-refractivity contribution in [3.05, 3.63) is 81.9 Å². The van der Waals surface area contributed by atoms with E-state index in [1.165, 1.54) is 27.2 Å². The SMILES string of the molecule is Cc1ccc(C(CC(=O)O)c2ccn3c(C(F)F)nnc3c2C)cc1CN1CC2CCCCN2c2ncc(C#N)cc2S1(=O)=O. The van der Waals surface area contributed by atoms with Crippen LogP contribution in [0, 0.1) is 25.2 Å². The molecule has 45 heavy (non-hydrogen) atoms. The number of benzene rings is 1. The van der Waals surface area contributed by atoms with Crippen LogP contribution in [-0.2, 0) is 21.4 Å². The molecule has 6 rings (SSSR count). The van der Waals surface area contributed by atoms with Crippen LogP contribution < -0.4 is 4.90 Å². The number of nitriles is 1. The zero-order valence-corrected chi connectivity index (χ0v) is 25.5. The van der Waals surface area contributed by atoms with E-state index in [0.29, 0.717) is 34.6 Å². The first kappa shape index (κ1) is 30.5. The number of aromatic nitrogens is 4. The average molecular weight is 636 g/mol. The van der Waals surface area contributed by atoms with Gasteiger partial charge in [-0.1, -0.05) is 18.2 Å². The van der Waals surface area contributed by atoms with E-state index >= 15 is 0 Å². The molecule has 1 saturated heterocycles. The minimum Gasteiger partial charge on any atom is -0.481 e. The van der Waals surface area contributed by atoms with Crippen LogP contribution in [-0.4, -0.2) is 62.5 Å². The van der Waals surface area contributed by atoms with Gasteiger partial charge in [-0.2, -0.15) is 9.57 Å². The van der Waals surface area contributed by atoms with E-state index in [1.54, 1.807) is 13.0 Å². The molecule has 4 aromatic rings. The van der Waals surface area contributed by atoms with Gasteiger partial charge >= 0.3 is 5.97 Å². The van der Waals surface area contributed by atoms with Crippen molar-refractivity contribution in [2.45, 2.75) is 69.4 Å². The third-order valence-corrected chi connectivity index (χ3v) is 10.7. The number of pyridine rings is 2. The Bertz CT molecular complexity index is 1960. The van der Waals surface area contributed by atoms with Crippen LogP contribution in [0.5, 0.6) is 0 Å². The fourth-order valence-electron chi connectivity index (χ4n) is 6.49. The van der Waals surface area contributed by atoms with E-state index in [4.69, 9.17) is 0 Å². The van der Waals surface area contributed by atoms with Gasteiger partial charge in [-0.25, -0.2) is 22.2 Å². The number of aryl methyl sites for hydroxylation is 2. The van der Waals surface area contributed by atoms with Gasteiger partial charge in [0, 0.05) is 44.0 Å². The molecule has 1 aromatic carbocycles. The molecule has 0 amide bonds. The van der Waals surface area contributed by atoms with Crippen LogP contribution in [0.15, 0.2) is 47.6 Å². The number of halogens is 2. The molecular weight excluding hydrogens is 604 g/mol. The first-order valence-corrected chi connectivity index (χ1v) is 16.0. The van der Waals surface area contributed by atoms with Crippen molar-refractivity contribution in [1.82, 2.24) is 23.9 Å². The Balaban J connectivity index is 1.41. The molecule has 3 aromatic heterocycles. The summed E-state index contributed by atoms with van der Waals surface area (Å²) in [5, 5.41) is 26.9. The van der Waals surface area contributed by atoms with Crippen molar-refractivity contribution >= 4 is 27.5 Å². The molecular formula is C31H31F2N7O4S. The highest BCUT2D eigenvalue weighted by Crippen LogP contribution is 2.38. The largest absolute Gasteiger partial charge is 0.481 e. The predicted octanol–water partition coefficient (Wildman–Crippen LogP) is 4.72. The van der Waals surface area contributed by atoms with Crippen molar-refractivity contribution in [3.63, 3.8) is 0 Å². The third kappa shape index (κ3) is 5.51. The van der Waals surface area contributed by atoms with Gasteiger partial charge in [0.2, 0.25) is 15.8 Å². The minimum absolute atomic E-state index is 0.00362. The lowest BCUT2D eigenvalue weighted by atomic mass is 9.85. The number of sulfonamides is 1. The normalized spacial score (nSPS) is 18.7. The number of piperidine rings is 1. The fraction of sp³-hybridized carbons (Fsp3) is 0.387. The zero-order valence-electron chi connectivity index (χ0n) is 24.7. The molecule has 11 nitrogen and oxygen atoms in total. The van der Waals surface area contributed by atoms with Crippen LogP contribution in [0.4, 0.5) is 14.6 Å². The number of carboxylic acid groups (broad SMARTS) is 1. The molecule has 14 heteroatoms. The van der Waals surface area contributed by atoms with E-state index < -0.39 is 34.2 Å². The Labute approximate surface area is 258 Å². The van der Waals surface area contributed by atoms with Crippen LogP contribution in [0.1, 0.15) is 77.2 Å². The predicted molar refractivity (Wildman–Crippen MR) is 159 cm³/mol. The Morgan fingerprint density at radius 2 is 1.98 bits per heavy atom. The lowest BCUT2D eigenvalue weighted by Crippen LogP contribution is -2.45. The number of carbonyl (C=O) groups is 1. The van der Waals surface area contributed by atoms with Crippen molar-refractivity contribution in [2.75, 3.05) is 18.0 Å². The lowest BCUT2D eigenvalue weighted by Gasteiger charge is -2.36. The molecule has 2 aliphatic rings.